The van der Waals surface area contributed by atoms with Crippen molar-refractivity contribution in [1.29, 1.82) is 0 Å². The van der Waals surface area contributed by atoms with Gasteiger partial charge in [-0.2, -0.15) is 0 Å². The lowest BCUT2D eigenvalue weighted by molar-refractivity contribution is 0.174. The maximum Gasteiger partial charge on any atom is 0.381 e. The summed E-state index contributed by atoms with van der Waals surface area (Å²) in [4.78, 5) is 0. The molecule has 0 aromatic carbocycles. The minimum absolute atomic E-state index is 0.668. The molecule has 0 radical (unpaired) electrons. The lowest BCUT2D eigenvalue weighted by atomic mass is 10.6. The fourth-order valence-electron chi connectivity index (χ4n) is 7.05. The van der Waals surface area contributed by atoms with Gasteiger partial charge in [-0.3, -0.25) is 0 Å². The number of hydrogen-bond donors (Lipinski definition) is 0. The summed E-state index contributed by atoms with van der Waals surface area (Å²) in [6.07, 6.45) is 3.30. The Morgan fingerprint density at radius 2 is 0.477 bits per heavy atom. The second kappa shape index (κ2) is 17.3. The Balaban J connectivity index is 4.48. The minimum Gasteiger partial charge on any atom is -0.414 e. The number of hydrogen-bond acceptors (Lipinski definition) is 12. The summed E-state index contributed by atoms with van der Waals surface area (Å²) >= 11 is 0. The summed E-state index contributed by atoms with van der Waals surface area (Å²) in [5, 5.41) is 0. The molecule has 0 saturated carbocycles. The molecule has 12 nitrogen and oxygen atoms in total. The molecule has 1 saturated heterocycles. The molecular weight excluding hydrogens is 705 g/mol. The van der Waals surface area contributed by atoms with Gasteiger partial charge in [-0.1, -0.05) is 53.4 Å². The molecular formula is C24H64O12Si8. The van der Waals surface area contributed by atoms with Crippen LogP contribution in [0.4, 0.5) is 0 Å². The molecule has 1 heterocycles. The van der Waals surface area contributed by atoms with E-state index in [9.17, 15) is 0 Å². The van der Waals surface area contributed by atoms with E-state index in [4.69, 9.17) is 51.9 Å². The van der Waals surface area contributed by atoms with Crippen LogP contribution in [-0.2, 0) is 51.9 Å². The van der Waals surface area contributed by atoms with Crippen LogP contribution >= 0.6 is 0 Å². The van der Waals surface area contributed by atoms with E-state index in [1.54, 1.807) is 56.9 Å². The van der Waals surface area contributed by atoms with Crippen molar-refractivity contribution in [3.8, 4) is 0 Å². The normalized spacial score (nSPS) is 29.5. The Bertz CT molecular complexity index is 715. The first-order chi connectivity index (χ1) is 20.6. The highest BCUT2D eigenvalue weighted by molar-refractivity contribution is 7.47. The predicted octanol–water partition coefficient (Wildman–Crippen LogP) is 5.25. The SMILES string of the molecule is CCC[Si](OC)(OC)[Si]1(C)O[Si](C)([Si](CCC)(OC)OC)O[Si](C)([Si](CCC)(OC)OC)O[Si](C)([Si](CCC)(OC)OC)O1. The molecule has 1 rings (SSSR count). The molecule has 0 aromatic heterocycles. The van der Waals surface area contributed by atoms with Crippen molar-refractivity contribution in [1.82, 2.24) is 0 Å². The maximum absolute atomic E-state index is 7.65. The van der Waals surface area contributed by atoms with Crippen molar-refractivity contribution in [2.45, 2.75) is 104 Å². The Hall–Kier alpha value is 1.26. The standard InChI is InChI=1S/C24H64O12Si8/c1-17-21-41(25-5,26-6)37(13)33-38(14,42(27-7,28-8)22-18-2)35-40(16,44(31-11,32-12)24-20-4)36-39(15,34-37)43(29-9,30-10)23-19-3/h17-24H2,1-16H3. The van der Waals surface area contributed by atoms with Gasteiger partial charge in [-0.25, -0.2) is 0 Å². The van der Waals surface area contributed by atoms with Gasteiger partial charge < -0.3 is 51.9 Å². The summed E-state index contributed by atoms with van der Waals surface area (Å²) in [5.74, 6) is 0. The van der Waals surface area contributed by atoms with Gasteiger partial charge in [0.05, 0.1) is 0 Å². The van der Waals surface area contributed by atoms with Crippen molar-refractivity contribution in [3.63, 3.8) is 0 Å². The van der Waals surface area contributed by atoms with E-state index in [-0.39, 0.29) is 0 Å². The maximum atomic E-state index is 7.65. The van der Waals surface area contributed by atoms with Gasteiger partial charge in [0.25, 0.3) is 0 Å². The summed E-state index contributed by atoms with van der Waals surface area (Å²) in [5.41, 5.74) is 0. The molecule has 1 aliphatic heterocycles. The van der Waals surface area contributed by atoms with Crippen LogP contribution < -0.4 is 0 Å². The molecule has 1 fully saturated rings. The first-order valence-corrected chi connectivity index (χ1v) is 37.1. The molecule has 0 N–H and O–H groups in total. The van der Waals surface area contributed by atoms with Crippen molar-refractivity contribution < 1.29 is 51.9 Å². The summed E-state index contributed by atoms with van der Waals surface area (Å²) < 4.78 is 82.1. The van der Waals surface area contributed by atoms with Crippen LogP contribution in [0.5, 0.6) is 0 Å². The Morgan fingerprint density at radius 3 is 0.568 bits per heavy atom. The fourth-order valence-corrected chi connectivity index (χ4v) is 82.0. The lowest BCUT2D eigenvalue weighted by Gasteiger charge is -2.59. The second-order valence-corrected chi connectivity index (χ2v) is 54.0. The summed E-state index contributed by atoms with van der Waals surface area (Å²) in [6, 6.07) is 2.67. The van der Waals surface area contributed by atoms with Crippen molar-refractivity contribution in [2.24, 2.45) is 0 Å². The van der Waals surface area contributed by atoms with Gasteiger partial charge in [0, 0.05) is 56.9 Å². The van der Waals surface area contributed by atoms with E-state index in [0.717, 1.165) is 25.7 Å². The highest BCUT2D eigenvalue weighted by atomic mass is 29.4. The van der Waals surface area contributed by atoms with E-state index in [0.29, 0.717) is 24.2 Å². The molecule has 0 bridgehead atoms. The molecule has 0 unspecified atom stereocenters. The van der Waals surface area contributed by atoms with E-state index in [2.05, 4.69) is 53.9 Å². The van der Waals surface area contributed by atoms with E-state index in [1.807, 2.05) is 0 Å². The predicted molar refractivity (Wildman–Crippen MR) is 190 cm³/mol. The second-order valence-electron chi connectivity index (χ2n) is 11.8. The quantitative estimate of drug-likeness (QED) is 0.151. The van der Waals surface area contributed by atoms with Crippen molar-refractivity contribution in [2.75, 3.05) is 56.9 Å². The zero-order valence-electron chi connectivity index (χ0n) is 30.6. The van der Waals surface area contributed by atoms with Crippen LogP contribution in [0.1, 0.15) is 53.4 Å². The van der Waals surface area contributed by atoms with Crippen molar-refractivity contribution >= 4 is 64.6 Å². The Labute approximate surface area is 276 Å². The monoisotopic (exact) mass is 768 g/mol. The third-order valence-electron chi connectivity index (χ3n) is 9.28. The summed E-state index contributed by atoms with van der Waals surface area (Å²) in [6.45, 7) is 16.7. The van der Waals surface area contributed by atoms with Crippen LogP contribution in [0.3, 0.4) is 0 Å². The summed E-state index contributed by atoms with van der Waals surface area (Å²) in [7, 11) is -13.2. The smallest absolute Gasteiger partial charge is 0.381 e. The molecule has 0 aromatic rings. The largest absolute Gasteiger partial charge is 0.414 e. The van der Waals surface area contributed by atoms with Crippen molar-refractivity contribution in [3.05, 3.63) is 0 Å². The van der Waals surface area contributed by atoms with Gasteiger partial charge in [-0.15, -0.1) is 0 Å². The molecule has 1 aliphatic rings. The minimum atomic E-state index is -3.52. The first kappa shape index (κ1) is 43.3. The van der Waals surface area contributed by atoms with Gasteiger partial charge >= 0.3 is 64.6 Å². The van der Waals surface area contributed by atoms with Gasteiger partial charge in [0.15, 0.2) is 0 Å². The van der Waals surface area contributed by atoms with Gasteiger partial charge in [0.1, 0.15) is 0 Å². The number of rotatable bonds is 20. The Kier molecular flexibility index (Phi) is 17.0. The van der Waals surface area contributed by atoms with E-state index < -0.39 is 64.6 Å². The molecule has 20 heteroatoms. The highest BCUT2D eigenvalue weighted by Crippen LogP contribution is 2.47. The van der Waals surface area contributed by atoms with E-state index in [1.165, 1.54) is 0 Å². The zero-order chi connectivity index (χ0) is 34.1. The third-order valence-corrected chi connectivity index (χ3v) is 69.0. The average Bonchev–Trinajstić information content (AvgIpc) is 2.98. The Morgan fingerprint density at radius 1 is 0.341 bits per heavy atom. The van der Waals surface area contributed by atoms with Gasteiger partial charge in [-0.05, 0) is 50.4 Å². The fraction of sp³-hybridized carbons (Fsp3) is 1.00. The van der Waals surface area contributed by atoms with Crippen LogP contribution in [-0.4, -0.2) is 122 Å². The first-order valence-electron chi connectivity index (χ1n) is 15.8. The average molecular weight is 769 g/mol. The molecule has 0 aliphatic carbocycles. The molecule has 44 heavy (non-hydrogen) atoms. The van der Waals surface area contributed by atoms with Crippen LogP contribution in [0, 0.1) is 0 Å². The van der Waals surface area contributed by atoms with Crippen LogP contribution in [0.15, 0.2) is 0 Å². The third kappa shape index (κ3) is 7.53. The van der Waals surface area contributed by atoms with E-state index >= 15 is 0 Å². The molecule has 0 spiro atoms. The highest BCUT2D eigenvalue weighted by Gasteiger charge is 2.80. The topological polar surface area (TPSA) is 111 Å². The lowest BCUT2D eigenvalue weighted by Crippen LogP contribution is -2.88. The van der Waals surface area contributed by atoms with Gasteiger partial charge in [0.2, 0.25) is 0 Å². The molecule has 0 atom stereocenters. The molecule has 0 amide bonds. The van der Waals surface area contributed by atoms with Crippen LogP contribution in [0.2, 0.25) is 50.4 Å². The van der Waals surface area contributed by atoms with Crippen LogP contribution in [0.25, 0.3) is 0 Å². The zero-order valence-corrected chi connectivity index (χ0v) is 38.6. The molecule has 264 valence electrons.